The Morgan fingerprint density at radius 1 is 1.35 bits per heavy atom. The monoisotopic (exact) mass is 237 g/mol. The lowest BCUT2D eigenvalue weighted by Gasteiger charge is -2.11. The van der Waals surface area contributed by atoms with Crippen molar-refractivity contribution >= 4 is 0 Å². The van der Waals surface area contributed by atoms with Gasteiger partial charge in [-0.15, -0.1) is 0 Å². The van der Waals surface area contributed by atoms with E-state index in [1.165, 1.54) is 6.42 Å². The summed E-state index contributed by atoms with van der Waals surface area (Å²) in [6.07, 6.45) is 1.17. The molecule has 5 heteroatoms. The number of ether oxygens (including phenoxy) is 2. The van der Waals surface area contributed by atoms with Crippen molar-refractivity contribution in [1.29, 1.82) is 0 Å². The van der Waals surface area contributed by atoms with Crippen LogP contribution >= 0.6 is 0 Å². The number of hydrogen-bond donors (Lipinski definition) is 1. The summed E-state index contributed by atoms with van der Waals surface area (Å²) in [7, 11) is 0. The lowest BCUT2D eigenvalue weighted by Crippen LogP contribution is -2.16. The van der Waals surface area contributed by atoms with Crippen LogP contribution in [0.1, 0.15) is 19.2 Å². The topological polar surface area (TPSA) is 56.3 Å². The lowest BCUT2D eigenvalue weighted by atomic mass is 10.1. The van der Waals surface area contributed by atoms with Crippen LogP contribution in [0.2, 0.25) is 0 Å². The lowest BCUT2D eigenvalue weighted by molar-refractivity contribution is 0.246. The largest absolute Gasteiger partial charge is 0.478 e. The number of nitrogens with one attached hydrogen (secondary N) is 1. The molecule has 0 radical (unpaired) electrons. The first-order valence-electron chi connectivity index (χ1n) is 6.10. The SMILES string of the molecule is CCOc1cc(OCC2CCNC2)nc(C)n1. The van der Waals surface area contributed by atoms with Gasteiger partial charge >= 0.3 is 0 Å². The Morgan fingerprint density at radius 2 is 2.12 bits per heavy atom. The molecular weight excluding hydrogens is 218 g/mol. The third-order valence-corrected chi connectivity index (χ3v) is 2.71. The fourth-order valence-corrected chi connectivity index (χ4v) is 1.87. The molecule has 1 aromatic heterocycles. The fourth-order valence-electron chi connectivity index (χ4n) is 1.87. The fraction of sp³-hybridized carbons (Fsp3) is 0.667. The Labute approximate surface area is 102 Å². The first-order chi connectivity index (χ1) is 8.28. The summed E-state index contributed by atoms with van der Waals surface area (Å²) in [6, 6.07) is 1.75. The smallest absolute Gasteiger partial charge is 0.220 e. The van der Waals surface area contributed by atoms with E-state index < -0.39 is 0 Å². The van der Waals surface area contributed by atoms with E-state index in [0.717, 1.165) is 13.1 Å². The van der Waals surface area contributed by atoms with Crippen LogP contribution < -0.4 is 14.8 Å². The quantitative estimate of drug-likeness (QED) is 0.833. The van der Waals surface area contributed by atoms with Gasteiger partial charge in [-0.3, -0.25) is 0 Å². The van der Waals surface area contributed by atoms with Gasteiger partial charge in [-0.2, -0.15) is 9.97 Å². The predicted octanol–water partition coefficient (Wildman–Crippen LogP) is 1.17. The maximum atomic E-state index is 5.69. The molecule has 94 valence electrons. The summed E-state index contributed by atoms with van der Waals surface area (Å²) < 4.78 is 11.0. The van der Waals surface area contributed by atoms with Gasteiger partial charge in [0.2, 0.25) is 11.8 Å². The van der Waals surface area contributed by atoms with Gasteiger partial charge in [0.15, 0.2) is 0 Å². The zero-order valence-corrected chi connectivity index (χ0v) is 10.4. The van der Waals surface area contributed by atoms with E-state index in [1.54, 1.807) is 6.07 Å². The maximum Gasteiger partial charge on any atom is 0.220 e. The van der Waals surface area contributed by atoms with E-state index in [-0.39, 0.29) is 0 Å². The van der Waals surface area contributed by atoms with Crippen molar-refractivity contribution in [2.75, 3.05) is 26.3 Å². The molecule has 0 saturated carbocycles. The molecule has 1 fully saturated rings. The van der Waals surface area contributed by atoms with Crippen LogP contribution in [0.3, 0.4) is 0 Å². The molecule has 1 saturated heterocycles. The van der Waals surface area contributed by atoms with Crippen molar-refractivity contribution in [2.24, 2.45) is 5.92 Å². The Bertz CT molecular complexity index is 365. The molecule has 5 nitrogen and oxygen atoms in total. The third kappa shape index (κ3) is 3.56. The summed E-state index contributed by atoms with van der Waals surface area (Å²) in [5.74, 6) is 2.45. The first-order valence-corrected chi connectivity index (χ1v) is 6.10. The van der Waals surface area contributed by atoms with E-state index in [4.69, 9.17) is 9.47 Å². The van der Waals surface area contributed by atoms with E-state index in [1.807, 2.05) is 13.8 Å². The van der Waals surface area contributed by atoms with Gasteiger partial charge in [0.1, 0.15) is 5.82 Å². The standard InChI is InChI=1S/C12H19N3O2/c1-3-16-11-6-12(15-9(2)14-11)17-8-10-4-5-13-7-10/h6,10,13H,3-5,7-8H2,1-2H3. The minimum atomic E-state index is 0.583. The molecule has 1 aliphatic heterocycles. The van der Waals surface area contributed by atoms with E-state index in [9.17, 15) is 0 Å². The normalized spacial score (nSPS) is 19.3. The second-order valence-electron chi connectivity index (χ2n) is 4.19. The van der Waals surface area contributed by atoms with E-state index in [2.05, 4.69) is 15.3 Å². The Hall–Kier alpha value is -1.36. The minimum absolute atomic E-state index is 0.583. The van der Waals surface area contributed by atoms with Crippen LogP contribution in [0.5, 0.6) is 11.8 Å². The first kappa shape index (κ1) is 12.1. The molecule has 1 aliphatic rings. The molecule has 1 aromatic rings. The van der Waals surface area contributed by atoms with Gasteiger partial charge in [0, 0.05) is 12.5 Å². The average molecular weight is 237 g/mol. The third-order valence-electron chi connectivity index (χ3n) is 2.71. The van der Waals surface area contributed by atoms with Gasteiger partial charge in [-0.25, -0.2) is 0 Å². The van der Waals surface area contributed by atoms with Crippen molar-refractivity contribution in [3.8, 4) is 11.8 Å². The number of hydrogen-bond acceptors (Lipinski definition) is 5. The Balaban J connectivity index is 1.94. The maximum absolute atomic E-state index is 5.69. The Morgan fingerprint density at radius 3 is 2.76 bits per heavy atom. The highest BCUT2D eigenvalue weighted by molar-refractivity contribution is 5.20. The van der Waals surface area contributed by atoms with Crippen molar-refractivity contribution in [3.63, 3.8) is 0 Å². The molecular formula is C12H19N3O2. The van der Waals surface area contributed by atoms with Crippen LogP contribution in [0.15, 0.2) is 6.07 Å². The molecule has 0 aromatic carbocycles. The number of nitrogens with zero attached hydrogens (tertiary/aromatic N) is 2. The average Bonchev–Trinajstić information content (AvgIpc) is 2.79. The predicted molar refractivity (Wildman–Crippen MR) is 64.4 cm³/mol. The Kier molecular flexibility index (Phi) is 4.14. The number of aromatic nitrogens is 2. The van der Waals surface area contributed by atoms with Crippen LogP contribution in [0.4, 0.5) is 0 Å². The van der Waals surface area contributed by atoms with Crippen molar-refractivity contribution < 1.29 is 9.47 Å². The molecule has 0 spiro atoms. The van der Waals surface area contributed by atoms with Crippen LogP contribution in [0.25, 0.3) is 0 Å². The van der Waals surface area contributed by atoms with Gasteiger partial charge in [0.05, 0.1) is 19.3 Å². The van der Waals surface area contributed by atoms with Crippen molar-refractivity contribution in [1.82, 2.24) is 15.3 Å². The van der Waals surface area contributed by atoms with Crippen LogP contribution in [-0.2, 0) is 0 Å². The van der Waals surface area contributed by atoms with E-state index in [0.29, 0.717) is 36.7 Å². The highest BCUT2D eigenvalue weighted by Crippen LogP contribution is 2.17. The summed E-state index contributed by atoms with van der Waals surface area (Å²) >= 11 is 0. The summed E-state index contributed by atoms with van der Waals surface area (Å²) in [4.78, 5) is 8.42. The highest BCUT2D eigenvalue weighted by atomic mass is 16.5. The second kappa shape index (κ2) is 5.82. The van der Waals surface area contributed by atoms with E-state index >= 15 is 0 Å². The number of aryl methyl sites for hydroxylation is 1. The zero-order chi connectivity index (χ0) is 12.1. The number of rotatable bonds is 5. The van der Waals surface area contributed by atoms with Crippen molar-refractivity contribution in [2.45, 2.75) is 20.3 Å². The molecule has 2 heterocycles. The van der Waals surface area contributed by atoms with Gasteiger partial charge in [0.25, 0.3) is 0 Å². The molecule has 0 amide bonds. The summed E-state index contributed by atoms with van der Waals surface area (Å²) in [6.45, 7) is 7.19. The second-order valence-corrected chi connectivity index (χ2v) is 4.19. The zero-order valence-electron chi connectivity index (χ0n) is 10.4. The van der Waals surface area contributed by atoms with Gasteiger partial charge < -0.3 is 14.8 Å². The molecule has 2 rings (SSSR count). The molecule has 1 unspecified atom stereocenters. The molecule has 17 heavy (non-hydrogen) atoms. The van der Waals surface area contributed by atoms with Gasteiger partial charge in [-0.05, 0) is 26.8 Å². The molecule has 1 N–H and O–H groups in total. The summed E-state index contributed by atoms with van der Waals surface area (Å²) in [5.41, 5.74) is 0. The van der Waals surface area contributed by atoms with Crippen LogP contribution in [0, 0.1) is 12.8 Å². The summed E-state index contributed by atoms with van der Waals surface area (Å²) in [5, 5.41) is 3.31. The molecule has 1 atom stereocenters. The van der Waals surface area contributed by atoms with Crippen LogP contribution in [-0.4, -0.2) is 36.3 Å². The van der Waals surface area contributed by atoms with Crippen molar-refractivity contribution in [3.05, 3.63) is 11.9 Å². The van der Waals surface area contributed by atoms with Gasteiger partial charge in [-0.1, -0.05) is 0 Å². The highest BCUT2D eigenvalue weighted by Gasteiger charge is 2.15. The minimum Gasteiger partial charge on any atom is -0.478 e. The molecule has 0 bridgehead atoms. The molecule has 0 aliphatic carbocycles.